The van der Waals surface area contributed by atoms with Crippen LogP contribution in [-0.2, 0) is 9.59 Å². The van der Waals surface area contributed by atoms with Crippen molar-refractivity contribution in [3.05, 3.63) is 18.2 Å². The number of methoxy groups -OCH3 is 1. The number of nitrogens with one attached hydrogen (secondary N) is 1. The highest BCUT2D eigenvalue weighted by Crippen LogP contribution is 2.26. The summed E-state index contributed by atoms with van der Waals surface area (Å²) in [5.41, 5.74) is 6.52. The molecule has 1 aliphatic heterocycles. The number of carbonyl (C=O) groups is 3. The molecule has 3 N–H and O–H groups in total. The van der Waals surface area contributed by atoms with E-state index in [1.54, 1.807) is 18.2 Å². The van der Waals surface area contributed by atoms with Gasteiger partial charge in [0.25, 0.3) is 5.24 Å². The number of amides is 3. The molecule has 0 atom stereocenters. The van der Waals surface area contributed by atoms with Crippen molar-refractivity contribution in [1.82, 2.24) is 4.90 Å². The van der Waals surface area contributed by atoms with Gasteiger partial charge in [-0.3, -0.25) is 19.3 Å². The molecular formula is C13H15N3O4S. The molecule has 3 amide bonds. The standard InChI is InChI=1S/C13H15N3O4S/c1-20-10-3-2-8(14)6-9(10)15-11(17)7-16-12(18)4-5-21-13(16)19/h2-3,6H,4-5,7,14H2,1H3,(H,15,17). The molecule has 1 heterocycles. The SMILES string of the molecule is COc1ccc(N)cc1NC(=O)CN1C(=O)CCSC1=O. The van der Waals surface area contributed by atoms with Gasteiger partial charge in [-0.1, -0.05) is 11.8 Å². The summed E-state index contributed by atoms with van der Waals surface area (Å²) in [6.07, 6.45) is 0.255. The lowest BCUT2D eigenvalue weighted by Gasteiger charge is -2.23. The summed E-state index contributed by atoms with van der Waals surface area (Å²) in [6.45, 7) is -0.317. The molecular weight excluding hydrogens is 294 g/mol. The number of benzene rings is 1. The summed E-state index contributed by atoms with van der Waals surface area (Å²) in [6, 6.07) is 4.81. The Balaban J connectivity index is 2.06. The van der Waals surface area contributed by atoms with E-state index in [-0.39, 0.29) is 18.9 Å². The molecule has 0 spiro atoms. The Labute approximate surface area is 125 Å². The third kappa shape index (κ3) is 3.66. The van der Waals surface area contributed by atoms with Crippen LogP contribution in [0.3, 0.4) is 0 Å². The molecule has 0 bridgehead atoms. The van der Waals surface area contributed by atoms with Gasteiger partial charge in [0.15, 0.2) is 0 Å². The molecule has 0 saturated carbocycles. The predicted octanol–water partition coefficient (Wildman–Crippen LogP) is 1.30. The van der Waals surface area contributed by atoms with Crippen LogP contribution in [0.25, 0.3) is 0 Å². The zero-order chi connectivity index (χ0) is 15.4. The minimum absolute atomic E-state index is 0.255. The summed E-state index contributed by atoms with van der Waals surface area (Å²) in [7, 11) is 1.47. The number of anilines is 2. The van der Waals surface area contributed by atoms with Crippen LogP contribution in [0, 0.1) is 0 Å². The Hall–Kier alpha value is -2.22. The largest absolute Gasteiger partial charge is 0.495 e. The van der Waals surface area contributed by atoms with Crippen molar-refractivity contribution in [1.29, 1.82) is 0 Å². The Morgan fingerprint density at radius 3 is 2.90 bits per heavy atom. The quantitative estimate of drug-likeness (QED) is 0.813. The molecule has 1 saturated heterocycles. The Morgan fingerprint density at radius 2 is 2.24 bits per heavy atom. The molecule has 1 fully saturated rings. The average Bonchev–Trinajstić information content (AvgIpc) is 2.43. The van der Waals surface area contributed by atoms with Crippen molar-refractivity contribution in [2.75, 3.05) is 30.5 Å². The van der Waals surface area contributed by atoms with E-state index in [9.17, 15) is 14.4 Å². The summed E-state index contributed by atoms with van der Waals surface area (Å²) in [4.78, 5) is 36.2. The maximum atomic E-state index is 12.0. The summed E-state index contributed by atoms with van der Waals surface area (Å²) in [5, 5.41) is 2.19. The molecule has 0 aromatic heterocycles. The summed E-state index contributed by atoms with van der Waals surface area (Å²) in [5.74, 6) is 0.0820. The van der Waals surface area contributed by atoms with Crippen molar-refractivity contribution in [3.8, 4) is 5.75 Å². The van der Waals surface area contributed by atoms with E-state index in [0.29, 0.717) is 22.9 Å². The smallest absolute Gasteiger partial charge is 0.288 e. The summed E-state index contributed by atoms with van der Waals surface area (Å²) < 4.78 is 5.11. The highest BCUT2D eigenvalue weighted by molar-refractivity contribution is 8.13. The minimum atomic E-state index is -0.483. The molecule has 0 unspecified atom stereocenters. The van der Waals surface area contributed by atoms with Crippen LogP contribution in [0.1, 0.15) is 6.42 Å². The van der Waals surface area contributed by atoms with Crippen molar-refractivity contribution >= 4 is 40.2 Å². The van der Waals surface area contributed by atoms with E-state index in [2.05, 4.69) is 5.32 Å². The van der Waals surface area contributed by atoms with Gasteiger partial charge in [0.2, 0.25) is 11.8 Å². The fourth-order valence-corrected chi connectivity index (χ4v) is 2.62. The zero-order valence-corrected chi connectivity index (χ0v) is 12.2. The van der Waals surface area contributed by atoms with Crippen LogP contribution < -0.4 is 15.8 Å². The van der Waals surface area contributed by atoms with E-state index < -0.39 is 11.1 Å². The van der Waals surface area contributed by atoms with Crippen LogP contribution in [0.2, 0.25) is 0 Å². The van der Waals surface area contributed by atoms with Gasteiger partial charge >= 0.3 is 0 Å². The van der Waals surface area contributed by atoms with Gasteiger partial charge in [0.05, 0.1) is 12.8 Å². The number of nitrogens with zero attached hydrogens (tertiary/aromatic N) is 1. The first-order chi connectivity index (χ1) is 10.0. The van der Waals surface area contributed by atoms with E-state index in [1.165, 1.54) is 7.11 Å². The van der Waals surface area contributed by atoms with Crippen LogP contribution in [0.5, 0.6) is 5.75 Å². The number of ether oxygens (including phenoxy) is 1. The normalized spacial score (nSPS) is 15.0. The monoisotopic (exact) mass is 309 g/mol. The molecule has 1 aromatic rings. The van der Waals surface area contributed by atoms with Crippen molar-refractivity contribution < 1.29 is 19.1 Å². The third-order valence-corrected chi connectivity index (χ3v) is 3.74. The number of carbonyl (C=O) groups excluding carboxylic acids is 3. The fraction of sp³-hybridized carbons (Fsp3) is 0.308. The minimum Gasteiger partial charge on any atom is -0.495 e. The molecule has 21 heavy (non-hydrogen) atoms. The molecule has 8 heteroatoms. The van der Waals surface area contributed by atoms with Crippen LogP contribution >= 0.6 is 11.8 Å². The first-order valence-electron chi connectivity index (χ1n) is 6.21. The molecule has 112 valence electrons. The van der Waals surface area contributed by atoms with Crippen molar-refractivity contribution in [3.63, 3.8) is 0 Å². The first kappa shape index (κ1) is 15.2. The third-order valence-electron chi connectivity index (χ3n) is 2.86. The average molecular weight is 309 g/mol. The van der Waals surface area contributed by atoms with Gasteiger partial charge < -0.3 is 15.8 Å². The number of imide groups is 1. The van der Waals surface area contributed by atoms with Crippen molar-refractivity contribution in [2.45, 2.75) is 6.42 Å². The molecule has 0 radical (unpaired) electrons. The second-order valence-electron chi connectivity index (χ2n) is 4.35. The second-order valence-corrected chi connectivity index (χ2v) is 5.40. The Bertz CT molecular complexity index is 575. The number of nitrogens with two attached hydrogens (primary N) is 1. The first-order valence-corrected chi connectivity index (χ1v) is 7.20. The van der Waals surface area contributed by atoms with E-state index >= 15 is 0 Å². The predicted molar refractivity (Wildman–Crippen MR) is 80.2 cm³/mol. The second kappa shape index (κ2) is 6.49. The van der Waals surface area contributed by atoms with Gasteiger partial charge in [0, 0.05) is 17.9 Å². The van der Waals surface area contributed by atoms with E-state index in [4.69, 9.17) is 10.5 Å². The fourth-order valence-electron chi connectivity index (χ4n) is 1.85. The molecule has 1 aromatic carbocycles. The highest BCUT2D eigenvalue weighted by Gasteiger charge is 2.28. The van der Waals surface area contributed by atoms with Crippen molar-refractivity contribution in [2.24, 2.45) is 0 Å². The summed E-state index contributed by atoms with van der Waals surface area (Å²) >= 11 is 1.03. The topological polar surface area (TPSA) is 102 Å². The maximum Gasteiger partial charge on any atom is 0.288 e. The molecule has 0 aliphatic carbocycles. The lowest BCUT2D eigenvalue weighted by molar-refractivity contribution is -0.131. The van der Waals surface area contributed by atoms with Crippen LogP contribution in [0.4, 0.5) is 16.2 Å². The van der Waals surface area contributed by atoms with Crippen LogP contribution in [0.15, 0.2) is 18.2 Å². The van der Waals surface area contributed by atoms with Gasteiger partial charge in [-0.15, -0.1) is 0 Å². The number of hydrogen-bond donors (Lipinski definition) is 2. The molecule has 2 rings (SSSR count). The van der Waals surface area contributed by atoms with E-state index in [0.717, 1.165) is 16.7 Å². The Morgan fingerprint density at radius 1 is 1.48 bits per heavy atom. The Kier molecular flexibility index (Phi) is 4.69. The number of rotatable bonds is 4. The number of hydrogen-bond acceptors (Lipinski definition) is 6. The maximum absolute atomic E-state index is 12.0. The van der Waals surface area contributed by atoms with E-state index in [1.807, 2.05) is 0 Å². The van der Waals surface area contributed by atoms with Gasteiger partial charge in [0.1, 0.15) is 12.3 Å². The molecule has 1 aliphatic rings. The van der Waals surface area contributed by atoms with Gasteiger partial charge in [-0.05, 0) is 18.2 Å². The van der Waals surface area contributed by atoms with Gasteiger partial charge in [-0.25, -0.2) is 0 Å². The highest BCUT2D eigenvalue weighted by atomic mass is 32.2. The lowest BCUT2D eigenvalue weighted by Crippen LogP contribution is -2.43. The lowest BCUT2D eigenvalue weighted by atomic mass is 10.2. The number of nitrogen functional groups attached to an aromatic ring is 1. The number of thioether (sulfide) groups is 1. The molecule has 7 nitrogen and oxygen atoms in total. The van der Waals surface area contributed by atoms with Gasteiger partial charge in [-0.2, -0.15) is 0 Å². The zero-order valence-electron chi connectivity index (χ0n) is 11.4. The van der Waals surface area contributed by atoms with Crippen LogP contribution in [-0.4, -0.2) is 41.4 Å².